The normalized spacial score (nSPS) is 10.6. The van der Waals surface area contributed by atoms with Crippen molar-refractivity contribution in [1.82, 2.24) is 0 Å². The van der Waals surface area contributed by atoms with Crippen molar-refractivity contribution in [3.63, 3.8) is 0 Å². The van der Waals surface area contributed by atoms with Gasteiger partial charge in [-0.2, -0.15) is 27.1 Å². The Balaban J connectivity index is 0.00000109. The summed E-state index contributed by atoms with van der Waals surface area (Å²) in [6, 6.07) is 34.3. The zero-order chi connectivity index (χ0) is 45.7. The molecule has 0 fully saturated rings. The first kappa shape index (κ1) is 54.7. The molecule has 14 heteroatoms. The lowest BCUT2D eigenvalue weighted by Gasteiger charge is -2.12. The Morgan fingerprint density at radius 1 is 0.583 bits per heavy atom. The van der Waals surface area contributed by atoms with Crippen molar-refractivity contribution in [1.29, 1.82) is 0 Å². The number of rotatable bonds is 8. The summed E-state index contributed by atoms with van der Waals surface area (Å²) in [7, 11) is -3.58. The molecule has 6 aromatic carbocycles. The van der Waals surface area contributed by atoms with Crippen LogP contribution in [0, 0.1) is 0 Å². The van der Waals surface area contributed by atoms with Gasteiger partial charge in [0.1, 0.15) is 10.6 Å². The average Bonchev–Trinajstić information content (AvgIpc) is 3.26. The van der Waals surface area contributed by atoms with Crippen LogP contribution in [-0.2, 0) is 28.6 Å². The van der Waals surface area contributed by atoms with Gasteiger partial charge in [-0.3, -0.25) is 8.37 Å². The van der Waals surface area contributed by atoms with Crippen LogP contribution in [0.2, 0.25) is 0 Å². The third-order valence-corrected chi connectivity index (χ3v) is 9.12. The molecule has 0 aliphatic heterocycles. The Hall–Kier alpha value is -5.28. The van der Waals surface area contributed by atoms with Gasteiger partial charge in [0, 0.05) is 35.4 Å². The van der Waals surface area contributed by atoms with Gasteiger partial charge < -0.3 is 10.4 Å². The monoisotopic (exact) mass is 863 g/mol. The molecule has 0 aromatic heterocycles. The van der Waals surface area contributed by atoms with Gasteiger partial charge >= 0.3 is 0 Å². The van der Waals surface area contributed by atoms with Crippen LogP contribution < -0.4 is 5.32 Å². The number of fused-ring (bicyclic) bond motifs is 3. The predicted octanol–water partition coefficient (Wildman–Crippen LogP) is 13.9. The highest BCUT2D eigenvalue weighted by Crippen LogP contribution is 2.43. The number of hydrogen-bond donors (Lipinski definition) is 2. The van der Waals surface area contributed by atoms with Gasteiger partial charge in [-0.05, 0) is 53.4 Å². The lowest BCUT2D eigenvalue weighted by Crippen LogP contribution is -2.03. The summed E-state index contributed by atoms with van der Waals surface area (Å²) in [6.45, 7) is 19.1. The third-order valence-electron chi connectivity index (χ3n) is 7.23. The molecule has 2 N–H and O–H groups in total. The van der Waals surface area contributed by atoms with E-state index in [1.165, 1.54) is 29.7 Å². The molecule has 6 aromatic rings. The molecule has 60 heavy (non-hydrogen) atoms. The fourth-order valence-electron chi connectivity index (χ4n) is 4.82. The van der Waals surface area contributed by atoms with Gasteiger partial charge in [0.25, 0.3) is 20.2 Å². The van der Waals surface area contributed by atoms with E-state index in [2.05, 4.69) is 106 Å². The fraction of sp³-hybridized carbons (Fsp3) is 0.348. The molecule has 0 saturated carbocycles. The maximum atomic E-state index is 12.7. The third kappa shape index (κ3) is 17.9. The average molecular weight is 864 g/mol. The van der Waals surface area contributed by atoms with Crippen LogP contribution in [0.1, 0.15) is 75.2 Å². The van der Waals surface area contributed by atoms with Gasteiger partial charge in [-0.1, -0.05) is 147 Å². The molecule has 328 valence electrons. The lowest BCUT2D eigenvalue weighted by molar-refractivity contribution is 0.397. The molecule has 0 atom stereocenters. The molecular weight excluding hydrogens is 799 g/mol. The number of benzene rings is 6. The number of hydrogen-bond acceptors (Lipinski definition) is 12. The Bertz CT molecular complexity index is 2370. The molecule has 12 nitrogen and oxygen atoms in total. The standard InChI is InChI=1S/C24H23N5O4S.C10H8.2C3H8.C2H6O3S.2C2H6/c1-4-26-16-10-9-15-13-22(34(31,32)33-3)23(24(30)19(15)14-16)29-28-21-12-11-20(27-25-2)17-7-5-6-8-18(17)21;1-2-6-10-8-4-3-7-9(10)5-1;2*1-3-2;1-5-6(2,3)4;2*1-2/h5-14,26,30H,4H2,1-3H3;1-8H;2*3H2,1-2H3;1-2H3;2*1-2H3. The number of phenols is 1. The summed E-state index contributed by atoms with van der Waals surface area (Å²) >= 11 is 0. The molecule has 0 spiro atoms. The molecule has 0 radical (unpaired) electrons. The summed E-state index contributed by atoms with van der Waals surface area (Å²) in [5, 5.41) is 35.8. The quantitative estimate of drug-likeness (QED) is 0.113. The topological polar surface area (TPSA) is 168 Å². The van der Waals surface area contributed by atoms with E-state index in [0.29, 0.717) is 28.7 Å². The zero-order valence-electron chi connectivity index (χ0n) is 37.5. The van der Waals surface area contributed by atoms with Crippen molar-refractivity contribution in [2.45, 2.75) is 80.1 Å². The predicted molar refractivity (Wildman–Crippen MR) is 253 cm³/mol. The molecule has 0 heterocycles. The SMILES string of the molecule is CC.CC.CCC.CCC.CCNc1ccc2cc(S(=O)(=O)OC)c(N=Nc3ccc(N=NC)c4ccccc34)c(O)c2c1.COS(C)(=O)=O.c1ccc2ccccc2c1. The largest absolute Gasteiger partial charge is 0.505 e. The fourth-order valence-corrected chi connectivity index (χ4v) is 5.64. The smallest absolute Gasteiger partial charge is 0.299 e. The number of anilines is 1. The van der Waals surface area contributed by atoms with E-state index in [-0.39, 0.29) is 16.3 Å². The first-order valence-electron chi connectivity index (χ1n) is 20.0. The van der Waals surface area contributed by atoms with E-state index < -0.39 is 20.2 Å². The molecule has 0 saturated heterocycles. The second-order valence-electron chi connectivity index (χ2n) is 11.9. The van der Waals surface area contributed by atoms with Crippen molar-refractivity contribution >= 4 is 75.3 Å². The second kappa shape index (κ2) is 29.9. The first-order chi connectivity index (χ1) is 28.7. The van der Waals surface area contributed by atoms with Crippen molar-refractivity contribution in [3.8, 4) is 5.75 Å². The van der Waals surface area contributed by atoms with Crippen LogP contribution in [0.25, 0.3) is 32.3 Å². The molecule has 0 aliphatic rings. The molecule has 6 rings (SSSR count). The lowest BCUT2D eigenvalue weighted by atomic mass is 10.1. The Morgan fingerprint density at radius 3 is 1.42 bits per heavy atom. The highest BCUT2D eigenvalue weighted by Gasteiger charge is 2.24. The van der Waals surface area contributed by atoms with Crippen LogP contribution in [0.4, 0.5) is 22.7 Å². The molecular formula is C46H65N5O7S2. The van der Waals surface area contributed by atoms with E-state index >= 15 is 0 Å². The zero-order valence-corrected chi connectivity index (χ0v) is 39.1. The van der Waals surface area contributed by atoms with Crippen LogP contribution in [-0.4, -0.2) is 56.0 Å². The number of nitrogens with one attached hydrogen (secondary N) is 1. The second-order valence-corrected chi connectivity index (χ2v) is 15.4. The number of aromatic hydroxyl groups is 1. The van der Waals surface area contributed by atoms with E-state index in [0.717, 1.165) is 36.9 Å². The van der Waals surface area contributed by atoms with Gasteiger partial charge in [-0.25, -0.2) is 0 Å². The Labute approximate surface area is 359 Å². The van der Waals surface area contributed by atoms with Gasteiger partial charge in [0.2, 0.25) is 0 Å². The van der Waals surface area contributed by atoms with Crippen LogP contribution >= 0.6 is 0 Å². The van der Waals surface area contributed by atoms with E-state index in [4.69, 9.17) is 4.18 Å². The maximum absolute atomic E-state index is 12.7. The molecule has 0 aliphatic carbocycles. The molecule has 0 bridgehead atoms. The van der Waals surface area contributed by atoms with Crippen molar-refractivity contribution in [2.75, 3.05) is 39.4 Å². The van der Waals surface area contributed by atoms with Crippen LogP contribution in [0.5, 0.6) is 5.75 Å². The van der Waals surface area contributed by atoms with Crippen molar-refractivity contribution in [2.24, 2.45) is 20.5 Å². The summed E-state index contributed by atoms with van der Waals surface area (Å²) in [5.41, 5.74) is 1.73. The highest BCUT2D eigenvalue weighted by atomic mass is 32.2. The maximum Gasteiger partial charge on any atom is 0.299 e. The Kier molecular flexibility index (Phi) is 27.2. The van der Waals surface area contributed by atoms with Gasteiger partial charge in [-0.15, -0.1) is 10.2 Å². The van der Waals surface area contributed by atoms with E-state index in [1.807, 2.05) is 58.9 Å². The van der Waals surface area contributed by atoms with Gasteiger partial charge in [0.15, 0.2) is 5.75 Å². The minimum absolute atomic E-state index is 0.204. The molecule has 0 amide bonds. The van der Waals surface area contributed by atoms with Crippen LogP contribution in [0.15, 0.2) is 135 Å². The van der Waals surface area contributed by atoms with Gasteiger partial charge in [0.05, 0.1) is 31.9 Å². The summed E-state index contributed by atoms with van der Waals surface area (Å²) in [5.74, 6) is -0.308. The summed E-state index contributed by atoms with van der Waals surface area (Å²) in [6.07, 6.45) is 3.49. The van der Waals surface area contributed by atoms with Crippen molar-refractivity contribution in [3.05, 3.63) is 109 Å². The summed E-state index contributed by atoms with van der Waals surface area (Å²) < 4.78 is 53.5. The first-order valence-corrected chi connectivity index (χ1v) is 23.2. The minimum Gasteiger partial charge on any atom is -0.505 e. The van der Waals surface area contributed by atoms with E-state index in [9.17, 15) is 21.9 Å². The highest BCUT2D eigenvalue weighted by molar-refractivity contribution is 7.87. The number of phenolic OH excluding ortho intramolecular Hbond substituents is 1. The summed E-state index contributed by atoms with van der Waals surface area (Å²) in [4.78, 5) is -0.277. The van der Waals surface area contributed by atoms with Crippen molar-refractivity contribution < 1.29 is 30.3 Å². The molecule has 0 unspecified atom stereocenters. The minimum atomic E-state index is -4.18. The number of azo groups is 2. The van der Waals surface area contributed by atoms with E-state index in [1.54, 1.807) is 37.4 Å². The number of nitrogens with zero attached hydrogens (tertiary/aromatic N) is 4. The Morgan fingerprint density at radius 2 is 1.02 bits per heavy atom. The van der Waals surface area contributed by atoms with Crippen LogP contribution in [0.3, 0.4) is 0 Å².